The van der Waals surface area contributed by atoms with E-state index < -0.39 is 0 Å². The normalized spacial score (nSPS) is 11.6. The van der Waals surface area contributed by atoms with Crippen molar-refractivity contribution in [2.75, 3.05) is 13.7 Å². The Hall–Kier alpha value is -1.53. The van der Waals surface area contributed by atoms with Gasteiger partial charge in [-0.25, -0.2) is 4.39 Å². The molecule has 1 atom stereocenters. The van der Waals surface area contributed by atoms with Crippen LogP contribution in [0.2, 0.25) is 5.02 Å². The second-order valence-corrected chi connectivity index (χ2v) is 6.10. The highest BCUT2D eigenvalue weighted by molar-refractivity contribution is 6.32. The second-order valence-electron chi connectivity index (χ2n) is 5.69. The first-order chi connectivity index (χ1) is 12.1. The van der Waals surface area contributed by atoms with E-state index in [4.69, 9.17) is 21.1 Å². The van der Waals surface area contributed by atoms with Gasteiger partial charge in [0.05, 0.1) is 18.7 Å². The lowest BCUT2D eigenvalue weighted by molar-refractivity contribution is 0.238. The van der Waals surface area contributed by atoms with E-state index in [2.05, 4.69) is 5.32 Å². The highest BCUT2D eigenvalue weighted by Gasteiger charge is 2.13. The van der Waals surface area contributed by atoms with Gasteiger partial charge in [0.2, 0.25) is 0 Å². The maximum atomic E-state index is 13.0. The molecule has 0 bridgehead atoms. The average molecular weight is 404 g/mol. The minimum Gasteiger partial charge on any atom is -0.493 e. The summed E-state index contributed by atoms with van der Waals surface area (Å²) in [6.07, 6.45) is 0.834. The molecule has 7 heteroatoms. The Morgan fingerprint density at radius 2 is 1.88 bits per heavy atom. The maximum Gasteiger partial charge on any atom is 0.180 e. The fourth-order valence-corrected chi connectivity index (χ4v) is 2.64. The highest BCUT2D eigenvalue weighted by Crippen LogP contribution is 2.37. The van der Waals surface area contributed by atoms with Crippen LogP contribution in [0.25, 0.3) is 0 Å². The van der Waals surface area contributed by atoms with E-state index in [9.17, 15) is 9.50 Å². The van der Waals surface area contributed by atoms with E-state index in [1.54, 1.807) is 25.3 Å². The molecule has 0 aliphatic carbocycles. The Kier molecular flexibility index (Phi) is 9.73. The molecular weight excluding hydrogens is 380 g/mol. The molecule has 0 spiro atoms. The van der Waals surface area contributed by atoms with Crippen molar-refractivity contribution < 1.29 is 19.0 Å². The van der Waals surface area contributed by atoms with Crippen molar-refractivity contribution in [3.8, 4) is 11.5 Å². The number of halogens is 3. The fourth-order valence-electron chi connectivity index (χ4n) is 2.35. The molecule has 1 unspecified atom stereocenters. The largest absolute Gasteiger partial charge is 0.493 e. The molecule has 2 aromatic rings. The first-order valence-electron chi connectivity index (χ1n) is 8.15. The van der Waals surface area contributed by atoms with Crippen molar-refractivity contribution in [1.82, 2.24) is 5.32 Å². The SMILES string of the molecule is CCC(CO)NCc1cc(Cl)c(OCc2ccc(F)cc2)c(OC)c1.Cl. The Balaban J connectivity index is 0.00000338. The zero-order valence-electron chi connectivity index (χ0n) is 14.8. The maximum absolute atomic E-state index is 13.0. The molecule has 2 rings (SSSR count). The summed E-state index contributed by atoms with van der Waals surface area (Å²) in [5.74, 6) is 0.694. The van der Waals surface area contributed by atoms with E-state index in [0.717, 1.165) is 17.5 Å². The molecule has 0 aliphatic rings. The van der Waals surface area contributed by atoms with Crippen LogP contribution in [0.5, 0.6) is 11.5 Å². The van der Waals surface area contributed by atoms with Crippen LogP contribution < -0.4 is 14.8 Å². The van der Waals surface area contributed by atoms with Crippen LogP contribution in [0.1, 0.15) is 24.5 Å². The van der Waals surface area contributed by atoms with Gasteiger partial charge in [-0.2, -0.15) is 0 Å². The minimum atomic E-state index is -0.288. The van der Waals surface area contributed by atoms with Gasteiger partial charge in [-0.15, -0.1) is 12.4 Å². The van der Waals surface area contributed by atoms with Crippen LogP contribution in [-0.4, -0.2) is 24.9 Å². The van der Waals surface area contributed by atoms with Crippen molar-refractivity contribution >= 4 is 24.0 Å². The van der Waals surface area contributed by atoms with Gasteiger partial charge >= 0.3 is 0 Å². The molecular formula is C19H24Cl2FNO3. The summed E-state index contributed by atoms with van der Waals surface area (Å²) in [5, 5.41) is 12.9. The molecule has 0 radical (unpaired) electrons. The number of nitrogens with one attached hydrogen (secondary N) is 1. The van der Waals surface area contributed by atoms with Gasteiger partial charge in [0.25, 0.3) is 0 Å². The molecule has 26 heavy (non-hydrogen) atoms. The van der Waals surface area contributed by atoms with Gasteiger partial charge in [0, 0.05) is 12.6 Å². The number of hydrogen-bond acceptors (Lipinski definition) is 4. The monoisotopic (exact) mass is 403 g/mol. The summed E-state index contributed by atoms with van der Waals surface area (Å²) >= 11 is 6.35. The van der Waals surface area contributed by atoms with Crippen molar-refractivity contribution in [3.63, 3.8) is 0 Å². The van der Waals surface area contributed by atoms with Crippen molar-refractivity contribution in [1.29, 1.82) is 0 Å². The molecule has 0 aromatic heterocycles. The van der Waals surface area contributed by atoms with Crippen LogP contribution in [0.4, 0.5) is 4.39 Å². The average Bonchev–Trinajstić information content (AvgIpc) is 2.62. The molecule has 0 saturated heterocycles. The zero-order valence-corrected chi connectivity index (χ0v) is 16.4. The molecule has 0 aliphatic heterocycles. The number of methoxy groups -OCH3 is 1. The van der Waals surface area contributed by atoms with E-state index >= 15 is 0 Å². The Labute approximate surface area is 164 Å². The Bertz CT molecular complexity index is 679. The van der Waals surface area contributed by atoms with Gasteiger partial charge in [-0.1, -0.05) is 30.7 Å². The van der Waals surface area contributed by atoms with Crippen LogP contribution in [0.15, 0.2) is 36.4 Å². The zero-order chi connectivity index (χ0) is 18.2. The summed E-state index contributed by atoms with van der Waals surface area (Å²) in [4.78, 5) is 0. The van der Waals surface area contributed by atoms with Gasteiger partial charge < -0.3 is 19.9 Å². The lowest BCUT2D eigenvalue weighted by atomic mass is 10.1. The molecule has 0 fully saturated rings. The third-order valence-electron chi connectivity index (χ3n) is 3.89. The summed E-state index contributed by atoms with van der Waals surface area (Å²) < 4.78 is 24.1. The highest BCUT2D eigenvalue weighted by atomic mass is 35.5. The van der Waals surface area contributed by atoms with Gasteiger partial charge in [-0.05, 0) is 41.8 Å². The topological polar surface area (TPSA) is 50.7 Å². The summed E-state index contributed by atoms with van der Waals surface area (Å²) in [6, 6.07) is 9.79. The third kappa shape index (κ3) is 6.32. The smallest absolute Gasteiger partial charge is 0.180 e. The molecule has 0 heterocycles. The van der Waals surface area contributed by atoms with Gasteiger partial charge in [0.15, 0.2) is 11.5 Å². The number of aliphatic hydroxyl groups excluding tert-OH is 1. The lowest BCUT2D eigenvalue weighted by Crippen LogP contribution is -2.31. The third-order valence-corrected chi connectivity index (χ3v) is 4.17. The number of aliphatic hydroxyl groups is 1. The van der Waals surface area contributed by atoms with Gasteiger partial charge in [-0.3, -0.25) is 0 Å². The second kappa shape index (κ2) is 11.2. The molecule has 144 valence electrons. The predicted molar refractivity (Wildman–Crippen MR) is 104 cm³/mol. The lowest BCUT2D eigenvalue weighted by Gasteiger charge is -2.17. The Morgan fingerprint density at radius 3 is 2.46 bits per heavy atom. The van der Waals surface area contributed by atoms with Crippen molar-refractivity contribution in [3.05, 3.63) is 58.4 Å². The van der Waals surface area contributed by atoms with Crippen LogP contribution in [-0.2, 0) is 13.2 Å². The standard InChI is InChI=1S/C19H23ClFNO3.ClH/c1-3-16(11-23)22-10-14-8-17(20)19(18(9-14)24-2)25-12-13-4-6-15(21)7-5-13;/h4-9,16,22-23H,3,10-12H2,1-2H3;1H. The molecule has 4 nitrogen and oxygen atoms in total. The number of rotatable bonds is 9. The molecule has 0 saturated carbocycles. The minimum absolute atomic E-state index is 0. The van der Waals surface area contributed by atoms with E-state index in [0.29, 0.717) is 23.1 Å². The van der Waals surface area contributed by atoms with Gasteiger partial charge in [0.1, 0.15) is 12.4 Å². The first kappa shape index (κ1) is 22.5. The predicted octanol–water partition coefficient (Wildman–Crippen LogP) is 4.35. The number of hydrogen-bond donors (Lipinski definition) is 2. The van der Waals surface area contributed by atoms with E-state index in [-0.39, 0.29) is 37.5 Å². The molecule has 0 amide bonds. The first-order valence-corrected chi connectivity index (χ1v) is 8.53. The van der Waals surface area contributed by atoms with Crippen LogP contribution >= 0.6 is 24.0 Å². The Morgan fingerprint density at radius 1 is 1.19 bits per heavy atom. The summed E-state index contributed by atoms with van der Waals surface area (Å²) in [5.41, 5.74) is 1.77. The molecule has 2 N–H and O–H groups in total. The van der Waals surface area contributed by atoms with Crippen LogP contribution in [0.3, 0.4) is 0 Å². The fraction of sp³-hybridized carbons (Fsp3) is 0.368. The summed E-state index contributed by atoms with van der Waals surface area (Å²) in [6.45, 7) is 2.91. The van der Waals surface area contributed by atoms with E-state index in [1.807, 2.05) is 13.0 Å². The number of ether oxygens (including phenoxy) is 2. The van der Waals surface area contributed by atoms with Crippen LogP contribution in [0, 0.1) is 5.82 Å². The molecule has 2 aromatic carbocycles. The van der Waals surface area contributed by atoms with Crippen molar-refractivity contribution in [2.45, 2.75) is 32.5 Å². The van der Waals surface area contributed by atoms with Crippen molar-refractivity contribution in [2.24, 2.45) is 0 Å². The van der Waals surface area contributed by atoms with E-state index in [1.165, 1.54) is 12.1 Å². The summed E-state index contributed by atoms with van der Waals surface area (Å²) in [7, 11) is 1.55. The number of benzene rings is 2. The quantitative estimate of drug-likeness (QED) is 0.653.